The van der Waals surface area contributed by atoms with Crippen molar-refractivity contribution in [2.45, 2.75) is 25.4 Å². The van der Waals surface area contributed by atoms with Crippen LogP contribution in [0.25, 0.3) is 0 Å². The third-order valence-corrected chi connectivity index (χ3v) is 5.55. The van der Waals surface area contributed by atoms with E-state index in [1.807, 2.05) is 17.5 Å². The van der Waals surface area contributed by atoms with Gasteiger partial charge >= 0.3 is 6.03 Å². The van der Waals surface area contributed by atoms with Gasteiger partial charge in [0.2, 0.25) is 0 Å². The van der Waals surface area contributed by atoms with Gasteiger partial charge in [-0.3, -0.25) is 4.90 Å². The Morgan fingerprint density at radius 3 is 2.77 bits per heavy atom. The van der Waals surface area contributed by atoms with Crippen molar-refractivity contribution in [3.8, 4) is 0 Å². The van der Waals surface area contributed by atoms with Crippen molar-refractivity contribution in [3.63, 3.8) is 0 Å². The highest BCUT2D eigenvalue weighted by molar-refractivity contribution is 7.09. The third-order valence-electron chi connectivity index (χ3n) is 3.97. The summed E-state index contributed by atoms with van der Waals surface area (Å²) in [7, 11) is 0. The summed E-state index contributed by atoms with van der Waals surface area (Å²) >= 11 is 3.37. The molecule has 1 saturated heterocycles. The molecular formula is C16H21N3OS2. The smallest absolute Gasteiger partial charge is 0.315 e. The van der Waals surface area contributed by atoms with Crippen molar-refractivity contribution in [3.05, 3.63) is 44.8 Å². The average Bonchev–Trinajstić information content (AvgIpc) is 3.27. The molecule has 1 aliphatic rings. The first-order valence-electron chi connectivity index (χ1n) is 7.63. The molecule has 0 aromatic carbocycles. The minimum atomic E-state index is -0.0900. The summed E-state index contributed by atoms with van der Waals surface area (Å²) in [5, 5.41) is 12.3. The van der Waals surface area contributed by atoms with E-state index >= 15 is 0 Å². The summed E-state index contributed by atoms with van der Waals surface area (Å²) < 4.78 is 0. The van der Waals surface area contributed by atoms with Crippen molar-refractivity contribution >= 4 is 28.7 Å². The second-order valence-electron chi connectivity index (χ2n) is 5.46. The predicted octanol–water partition coefficient (Wildman–Crippen LogP) is 3.45. The Bertz CT molecular complexity index is 562. The summed E-state index contributed by atoms with van der Waals surface area (Å²) in [6, 6.07) is 6.40. The minimum Gasteiger partial charge on any atom is -0.336 e. The van der Waals surface area contributed by atoms with Crippen LogP contribution in [-0.4, -0.2) is 30.6 Å². The Labute approximate surface area is 139 Å². The first kappa shape index (κ1) is 15.5. The lowest BCUT2D eigenvalue weighted by atomic mass is 10.1. The average molecular weight is 335 g/mol. The van der Waals surface area contributed by atoms with Gasteiger partial charge in [0.1, 0.15) is 0 Å². The Hall–Kier alpha value is -1.37. The standard InChI is InChI=1S/C16H21N3OS2/c20-16(17-10-14-4-3-8-22-14)18-11-15(13-5-9-21-12-13)19-6-1-2-7-19/h3-5,8-9,12,15H,1-2,6-7,10-11H2,(H2,17,18,20)/t15-/m0/s1. The van der Waals surface area contributed by atoms with E-state index in [0.717, 1.165) is 13.1 Å². The zero-order chi connectivity index (χ0) is 15.2. The summed E-state index contributed by atoms with van der Waals surface area (Å²) in [6.45, 7) is 3.50. The second-order valence-corrected chi connectivity index (χ2v) is 7.27. The fourth-order valence-electron chi connectivity index (χ4n) is 2.81. The number of rotatable bonds is 6. The van der Waals surface area contributed by atoms with E-state index in [2.05, 4.69) is 32.4 Å². The highest BCUT2D eigenvalue weighted by Gasteiger charge is 2.24. The maximum absolute atomic E-state index is 12.0. The van der Waals surface area contributed by atoms with Gasteiger partial charge in [-0.25, -0.2) is 4.79 Å². The topological polar surface area (TPSA) is 44.4 Å². The number of amides is 2. The van der Waals surface area contributed by atoms with Crippen LogP contribution in [0.5, 0.6) is 0 Å². The monoisotopic (exact) mass is 335 g/mol. The van der Waals surface area contributed by atoms with Crippen LogP contribution in [0, 0.1) is 0 Å². The molecule has 3 rings (SSSR count). The quantitative estimate of drug-likeness (QED) is 0.849. The van der Waals surface area contributed by atoms with Gasteiger partial charge in [-0.2, -0.15) is 11.3 Å². The molecular weight excluding hydrogens is 314 g/mol. The van der Waals surface area contributed by atoms with Crippen LogP contribution in [0.2, 0.25) is 0 Å². The lowest BCUT2D eigenvalue weighted by molar-refractivity contribution is 0.221. The van der Waals surface area contributed by atoms with Gasteiger partial charge in [0.05, 0.1) is 12.6 Å². The summed E-state index contributed by atoms with van der Waals surface area (Å²) in [4.78, 5) is 15.6. The molecule has 0 saturated carbocycles. The van der Waals surface area contributed by atoms with Crippen LogP contribution in [0.4, 0.5) is 4.79 Å². The molecule has 1 fully saturated rings. The van der Waals surface area contributed by atoms with Gasteiger partial charge in [-0.05, 0) is 59.8 Å². The molecule has 0 spiro atoms. The largest absolute Gasteiger partial charge is 0.336 e. The van der Waals surface area contributed by atoms with Gasteiger partial charge < -0.3 is 10.6 Å². The van der Waals surface area contributed by atoms with E-state index in [9.17, 15) is 4.79 Å². The van der Waals surface area contributed by atoms with Crippen molar-refractivity contribution in [1.29, 1.82) is 0 Å². The molecule has 0 unspecified atom stereocenters. The van der Waals surface area contributed by atoms with Crippen LogP contribution in [0.3, 0.4) is 0 Å². The zero-order valence-electron chi connectivity index (χ0n) is 12.5. The van der Waals surface area contributed by atoms with Gasteiger partial charge in [0.15, 0.2) is 0 Å². The SMILES string of the molecule is O=C(NCc1cccs1)NC[C@@H](c1ccsc1)N1CCCC1. The van der Waals surface area contributed by atoms with E-state index in [1.165, 1.54) is 23.3 Å². The van der Waals surface area contributed by atoms with E-state index in [0.29, 0.717) is 19.1 Å². The molecule has 2 amide bonds. The number of nitrogens with zero attached hydrogens (tertiary/aromatic N) is 1. The van der Waals surface area contributed by atoms with Crippen LogP contribution >= 0.6 is 22.7 Å². The lowest BCUT2D eigenvalue weighted by Crippen LogP contribution is -2.41. The van der Waals surface area contributed by atoms with Crippen molar-refractivity contribution < 1.29 is 4.79 Å². The fraction of sp³-hybridized carbons (Fsp3) is 0.438. The molecule has 4 nitrogen and oxygen atoms in total. The molecule has 6 heteroatoms. The van der Waals surface area contributed by atoms with E-state index in [4.69, 9.17) is 0 Å². The maximum Gasteiger partial charge on any atom is 0.315 e. The number of carbonyl (C=O) groups is 1. The molecule has 1 atom stereocenters. The number of thiophene rings is 2. The van der Waals surface area contributed by atoms with Gasteiger partial charge in [0.25, 0.3) is 0 Å². The molecule has 118 valence electrons. The van der Waals surface area contributed by atoms with E-state index < -0.39 is 0 Å². The van der Waals surface area contributed by atoms with Crippen LogP contribution in [0.1, 0.15) is 29.3 Å². The Balaban J connectivity index is 1.51. The molecule has 0 bridgehead atoms. The summed E-state index contributed by atoms with van der Waals surface area (Å²) in [6.07, 6.45) is 2.51. The highest BCUT2D eigenvalue weighted by Crippen LogP contribution is 2.26. The molecule has 2 N–H and O–H groups in total. The molecule has 1 aliphatic heterocycles. The van der Waals surface area contributed by atoms with Crippen molar-refractivity contribution in [1.82, 2.24) is 15.5 Å². The van der Waals surface area contributed by atoms with Crippen LogP contribution in [-0.2, 0) is 6.54 Å². The highest BCUT2D eigenvalue weighted by atomic mass is 32.1. The van der Waals surface area contributed by atoms with Gasteiger partial charge in [-0.15, -0.1) is 11.3 Å². The molecule has 0 aliphatic carbocycles. The number of nitrogens with one attached hydrogen (secondary N) is 2. The Morgan fingerprint density at radius 1 is 1.23 bits per heavy atom. The molecule has 3 heterocycles. The summed E-state index contributed by atoms with van der Waals surface area (Å²) in [5.74, 6) is 0. The second kappa shape index (κ2) is 7.76. The predicted molar refractivity (Wildman–Crippen MR) is 92.4 cm³/mol. The molecule has 0 radical (unpaired) electrons. The molecule has 2 aromatic heterocycles. The zero-order valence-corrected chi connectivity index (χ0v) is 14.1. The Kier molecular flexibility index (Phi) is 5.48. The van der Waals surface area contributed by atoms with Crippen LogP contribution in [0.15, 0.2) is 34.3 Å². The fourth-order valence-corrected chi connectivity index (χ4v) is 4.16. The summed E-state index contributed by atoms with van der Waals surface area (Å²) in [5.41, 5.74) is 1.31. The van der Waals surface area contributed by atoms with Gasteiger partial charge in [0, 0.05) is 11.4 Å². The van der Waals surface area contributed by atoms with Crippen molar-refractivity contribution in [2.75, 3.05) is 19.6 Å². The lowest BCUT2D eigenvalue weighted by Gasteiger charge is -2.27. The van der Waals surface area contributed by atoms with E-state index in [1.54, 1.807) is 22.7 Å². The number of hydrogen-bond donors (Lipinski definition) is 2. The third kappa shape index (κ3) is 4.09. The first-order chi connectivity index (χ1) is 10.8. The van der Waals surface area contributed by atoms with E-state index in [-0.39, 0.29) is 6.03 Å². The normalized spacial score (nSPS) is 16.5. The van der Waals surface area contributed by atoms with Crippen LogP contribution < -0.4 is 10.6 Å². The molecule has 22 heavy (non-hydrogen) atoms. The maximum atomic E-state index is 12.0. The number of urea groups is 1. The minimum absolute atomic E-state index is 0.0900. The van der Waals surface area contributed by atoms with Crippen molar-refractivity contribution in [2.24, 2.45) is 0 Å². The Morgan fingerprint density at radius 2 is 2.09 bits per heavy atom. The molecule has 2 aromatic rings. The van der Waals surface area contributed by atoms with Gasteiger partial charge in [-0.1, -0.05) is 6.07 Å². The number of likely N-dealkylation sites (tertiary alicyclic amines) is 1. The number of carbonyl (C=O) groups excluding carboxylic acids is 1. The number of hydrogen-bond acceptors (Lipinski definition) is 4. The first-order valence-corrected chi connectivity index (χ1v) is 9.45.